The summed E-state index contributed by atoms with van der Waals surface area (Å²) in [6.07, 6.45) is 3.95. The van der Waals surface area contributed by atoms with Crippen LogP contribution in [0.2, 0.25) is 0 Å². The van der Waals surface area contributed by atoms with Gasteiger partial charge in [0.05, 0.1) is 6.54 Å². The van der Waals surface area contributed by atoms with Gasteiger partial charge < -0.3 is 4.57 Å². The summed E-state index contributed by atoms with van der Waals surface area (Å²) in [7, 11) is 0. The molecule has 0 radical (unpaired) electrons. The normalized spacial score (nSPS) is 13.4. The fraction of sp³-hybridized carbons (Fsp3) is 0.786. The third kappa shape index (κ3) is 3.56. The van der Waals surface area contributed by atoms with E-state index in [0.29, 0.717) is 0 Å². The van der Waals surface area contributed by atoms with Crippen LogP contribution in [0, 0.1) is 0 Å². The maximum Gasteiger partial charge on any atom is 0.122 e. The van der Waals surface area contributed by atoms with E-state index in [2.05, 4.69) is 69.1 Å². The molecule has 0 saturated heterocycles. The largest absolute Gasteiger partial charge is 0.334 e. The average molecular weight is 237 g/mol. The SMILES string of the molecule is CCn1ccnc1CN(C(C)(C)C)C(C)(C)C. The van der Waals surface area contributed by atoms with Crippen LogP contribution >= 0.6 is 0 Å². The third-order valence-electron chi connectivity index (χ3n) is 3.06. The summed E-state index contributed by atoms with van der Waals surface area (Å²) in [5, 5.41) is 0. The highest BCUT2D eigenvalue weighted by Crippen LogP contribution is 2.26. The van der Waals surface area contributed by atoms with E-state index >= 15 is 0 Å². The van der Waals surface area contributed by atoms with Gasteiger partial charge in [0.15, 0.2) is 0 Å². The van der Waals surface area contributed by atoms with Gasteiger partial charge in [0, 0.05) is 30.0 Å². The van der Waals surface area contributed by atoms with E-state index in [1.807, 2.05) is 6.20 Å². The minimum Gasteiger partial charge on any atom is -0.334 e. The minimum absolute atomic E-state index is 0.142. The Balaban J connectivity index is 2.96. The van der Waals surface area contributed by atoms with Crippen LogP contribution in [0.1, 0.15) is 54.3 Å². The Morgan fingerprint density at radius 1 is 1.12 bits per heavy atom. The highest BCUT2D eigenvalue weighted by Gasteiger charge is 2.32. The number of imidazole rings is 1. The van der Waals surface area contributed by atoms with Crippen molar-refractivity contribution in [2.24, 2.45) is 0 Å². The first-order valence-electron chi connectivity index (χ1n) is 6.44. The lowest BCUT2D eigenvalue weighted by molar-refractivity contribution is 0.0263. The quantitative estimate of drug-likeness (QED) is 0.804. The van der Waals surface area contributed by atoms with Crippen molar-refractivity contribution in [2.75, 3.05) is 0 Å². The number of nitrogens with zero attached hydrogens (tertiary/aromatic N) is 3. The number of aromatic nitrogens is 2. The molecule has 1 rings (SSSR count). The van der Waals surface area contributed by atoms with Crippen molar-refractivity contribution in [3.8, 4) is 0 Å². The lowest BCUT2D eigenvalue weighted by atomic mass is 9.96. The molecule has 1 aromatic rings. The average Bonchev–Trinajstić information content (AvgIpc) is 2.57. The standard InChI is InChI=1S/C14H27N3/c1-8-16-10-9-15-12(16)11-17(13(2,3)4)14(5,6)7/h9-10H,8,11H2,1-7H3. The summed E-state index contributed by atoms with van der Waals surface area (Å²) in [5.41, 5.74) is 0.283. The van der Waals surface area contributed by atoms with E-state index in [1.165, 1.54) is 0 Å². The van der Waals surface area contributed by atoms with Gasteiger partial charge in [-0.3, -0.25) is 4.90 Å². The molecule has 0 N–H and O–H groups in total. The van der Waals surface area contributed by atoms with Crippen LogP contribution in [-0.2, 0) is 13.1 Å². The van der Waals surface area contributed by atoms with Crippen molar-refractivity contribution < 1.29 is 0 Å². The Morgan fingerprint density at radius 2 is 1.65 bits per heavy atom. The Hall–Kier alpha value is -0.830. The predicted molar refractivity (Wildman–Crippen MR) is 73.0 cm³/mol. The van der Waals surface area contributed by atoms with Crippen molar-refractivity contribution in [1.29, 1.82) is 0 Å². The Morgan fingerprint density at radius 3 is 2.06 bits per heavy atom. The molecule has 0 aliphatic carbocycles. The van der Waals surface area contributed by atoms with Crippen LogP contribution < -0.4 is 0 Å². The first-order chi connectivity index (χ1) is 7.66. The second-order valence-corrected chi connectivity index (χ2v) is 6.56. The van der Waals surface area contributed by atoms with Crippen LogP contribution in [0.15, 0.2) is 12.4 Å². The fourth-order valence-electron chi connectivity index (χ4n) is 2.40. The molecule has 0 aliphatic rings. The summed E-state index contributed by atoms with van der Waals surface area (Å²) < 4.78 is 2.21. The molecule has 0 amide bonds. The van der Waals surface area contributed by atoms with Gasteiger partial charge in [-0.1, -0.05) is 0 Å². The summed E-state index contributed by atoms with van der Waals surface area (Å²) in [4.78, 5) is 6.97. The second-order valence-electron chi connectivity index (χ2n) is 6.56. The molecule has 0 atom stereocenters. The zero-order chi connectivity index (χ0) is 13.3. The molecule has 0 saturated carbocycles. The molecular formula is C14H27N3. The highest BCUT2D eigenvalue weighted by atomic mass is 15.3. The van der Waals surface area contributed by atoms with Crippen molar-refractivity contribution in [3.63, 3.8) is 0 Å². The topological polar surface area (TPSA) is 21.1 Å². The van der Waals surface area contributed by atoms with Crippen LogP contribution in [0.5, 0.6) is 0 Å². The number of hydrogen-bond donors (Lipinski definition) is 0. The highest BCUT2D eigenvalue weighted by molar-refractivity contribution is 4.97. The van der Waals surface area contributed by atoms with Crippen LogP contribution in [0.4, 0.5) is 0 Å². The van der Waals surface area contributed by atoms with E-state index in [1.54, 1.807) is 0 Å². The van der Waals surface area contributed by atoms with Gasteiger partial charge >= 0.3 is 0 Å². The molecule has 3 nitrogen and oxygen atoms in total. The molecule has 1 aromatic heterocycles. The van der Waals surface area contributed by atoms with Gasteiger partial charge in [-0.2, -0.15) is 0 Å². The van der Waals surface area contributed by atoms with E-state index in [0.717, 1.165) is 18.9 Å². The molecule has 0 spiro atoms. The predicted octanol–water partition coefficient (Wildman–Crippen LogP) is 3.30. The molecular weight excluding hydrogens is 210 g/mol. The van der Waals surface area contributed by atoms with Gasteiger partial charge in [-0.15, -0.1) is 0 Å². The molecule has 0 aromatic carbocycles. The summed E-state index contributed by atoms with van der Waals surface area (Å²) >= 11 is 0. The number of rotatable bonds is 3. The maximum atomic E-state index is 4.48. The molecule has 0 fully saturated rings. The van der Waals surface area contributed by atoms with E-state index in [9.17, 15) is 0 Å². The van der Waals surface area contributed by atoms with E-state index in [4.69, 9.17) is 0 Å². The van der Waals surface area contributed by atoms with Gasteiger partial charge in [-0.25, -0.2) is 4.98 Å². The smallest absolute Gasteiger partial charge is 0.122 e. The number of hydrogen-bond acceptors (Lipinski definition) is 2. The minimum atomic E-state index is 0.142. The summed E-state index contributed by atoms with van der Waals surface area (Å²) in [6, 6.07) is 0. The van der Waals surface area contributed by atoms with Gasteiger partial charge in [0.2, 0.25) is 0 Å². The fourth-order valence-corrected chi connectivity index (χ4v) is 2.40. The molecule has 17 heavy (non-hydrogen) atoms. The van der Waals surface area contributed by atoms with Crippen molar-refractivity contribution in [1.82, 2.24) is 14.5 Å². The number of aryl methyl sites for hydroxylation is 1. The summed E-state index contributed by atoms with van der Waals surface area (Å²) in [6.45, 7) is 17.6. The van der Waals surface area contributed by atoms with E-state index < -0.39 is 0 Å². The monoisotopic (exact) mass is 237 g/mol. The molecule has 98 valence electrons. The van der Waals surface area contributed by atoms with Crippen molar-refractivity contribution in [3.05, 3.63) is 18.2 Å². The first kappa shape index (κ1) is 14.2. The van der Waals surface area contributed by atoms with E-state index in [-0.39, 0.29) is 11.1 Å². The van der Waals surface area contributed by atoms with Crippen molar-refractivity contribution >= 4 is 0 Å². The molecule has 0 unspecified atom stereocenters. The lowest BCUT2D eigenvalue weighted by Crippen LogP contribution is -2.52. The van der Waals surface area contributed by atoms with Gasteiger partial charge in [0.1, 0.15) is 5.82 Å². The second kappa shape index (κ2) is 4.81. The molecule has 0 aliphatic heterocycles. The zero-order valence-corrected chi connectivity index (χ0v) is 12.4. The molecule has 3 heteroatoms. The van der Waals surface area contributed by atoms with Crippen molar-refractivity contribution in [2.45, 2.75) is 72.6 Å². The Labute approximate surface area is 106 Å². The molecule has 1 heterocycles. The van der Waals surface area contributed by atoms with Crippen LogP contribution in [0.3, 0.4) is 0 Å². The molecule has 0 bridgehead atoms. The zero-order valence-electron chi connectivity index (χ0n) is 12.4. The lowest BCUT2D eigenvalue weighted by Gasteiger charge is -2.45. The maximum absolute atomic E-state index is 4.48. The Bertz CT molecular complexity index is 338. The van der Waals surface area contributed by atoms with Crippen LogP contribution in [0.25, 0.3) is 0 Å². The Kier molecular flexibility index (Phi) is 4.03. The first-order valence-corrected chi connectivity index (χ1v) is 6.44. The van der Waals surface area contributed by atoms with Gasteiger partial charge in [-0.05, 0) is 48.5 Å². The third-order valence-corrected chi connectivity index (χ3v) is 3.06. The summed E-state index contributed by atoms with van der Waals surface area (Å²) in [5.74, 6) is 1.15. The van der Waals surface area contributed by atoms with Crippen LogP contribution in [-0.4, -0.2) is 25.5 Å². The van der Waals surface area contributed by atoms with Gasteiger partial charge in [0.25, 0.3) is 0 Å².